The molecule has 1 aromatic rings. The molecule has 0 bridgehead atoms. The maximum absolute atomic E-state index is 9.43. The smallest absolute Gasteiger partial charge is 0.122 e. The van der Waals surface area contributed by atoms with E-state index in [1.165, 1.54) is 0 Å². The normalized spacial score (nSPS) is 12.5. The molecule has 0 saturated heterocycles. The highest BCUT2D eigenvalue weighted by Crippen LogP contribution is 2.22. The molecule has 0 aliphatic rings. The fourth-order valence-electron chi connectivity index (χ4n) is 1.47. The summed E-state index contributed by atoms with van der Waals surface area (Å²) in [5.74, 6) is 0.794. The summed E-state index contributed by atoms with van der Waals surface area (Å²) in [7, 11) is 0. The van der Waals surface area contributed by atoms with Crippen molar-refractivity contribution in [1.82, 2.24) is 0 Å². The van der Waals surface area contributed by atoms with Crippen LogP contribution in [-0.4, -0.2) is 36.6 Å². The largest absolute Gasteiger partial charge is 0.491 e. The molecule has 4 heteroatoms. The van der Waals surface area contributed by atoms with Crippen LogP contribution in [0.3, 0.4) is 0 Å². The van der Waals surface area contributed by atoms with Crippen LogP contribution in [0.25, 0.3) is 0 Å². The third-order valence-electron chi connectivity index (χ3n) is 2.40. The van der Waals surface area contributed by atoms with Crippen molar-refractivity contribution in [3.8, 4) is 5.75 Å². The van der Waals surface area contributed by atoms with Crippen LogP contribution < -0.4 is 4.74 Å². The van der Waals surface area contributed by atoms with Crippen LogP contribution in [0.2, 0.25) is 0 Å². The zero-order valence-corrected chi connectivity index (χ0v) is 10.3. The zero-order chi connectivity index (χ0) is 12.7. The lowest BCUT2D eigenvalue weighted by molar-refractivity contribution is 0.0703. The SMILES string of the molecule is Cc1cc([C@H](C)O)ccc1OCCOCCO. The molecule has 1 rings (SSSR count). The van der Waals surface area contributed by atoms with Crippen LogP contribution in [0, 0.1) is 6.92 Å². The lowest BCUT2D eigenvalue weighted by atomic mass is 10.1. The standard InChI is InChI=1S/C13H20O4/c1-10-9-12(11(2)15)3-4-13(10)17-8-7-16-6-5-14/h3-4,9,11,14-15H,5-8H2,1-2H3/t11-/m0/s1. The first-order valence-electron chi connectivity index (χ1n) is 5.75. The van der Waals surface area contributed by atoms with Gasteiger partial charge in [0.2, 0.25) is 0 Å². The number of hydrogen-bond acceptors (Lipinski definition) is 4. The van der Waals surface area contributed by atoms with Crippen molar-refractivity contribution in [3.05, 3.63) is 29.3 Å². The quantitative estimate of drug-likeness (QED) is 0.708. The van der Waals surface area contributed by atoms with Gasteiger partial charge in [-0.1, -0.05) is 6.07 Å². The minimum absolute atomic E-state index is 0.0299. The third kappa shape index (κ3) is 4.73. The van der Waals surface area contributed by atoms with E-state index in [4.69, 9.17) is 14.6 Å². The molecule has 2 N–H and O–H groups in total. The average Bonchev–Trinajstić information content (AvgIpc) is 2.30. The van der Waals surface area contributed by atoms with Gasteiger partial charge in [0.1, 0.15) is 12.4 Å². The first-order valence-corrected chi connectivity index (χ1v) is 5.75. The van der Waals surface area contributed by atoms with Gasteiger partial charge >= 0.3 is 0 Å². The number of aryl methyl sites for hydroxylation is 1. The Morgan fingerprint density at radius 2 is 2.00 bits per heavy atom. The van der Waals surface area contributed by atoms with E-state index in [1.807, 2.05) is 25.1 Å². The van der Waals surface area contributed by atoms with Crippen LogP contribution in [-0.2, 0) is 4.74 Å². The van der Waals surface area contributed by atoms with Gasteiger partial charge in [-0.05, 0) is 37.1 Å². The minimum atomic E-state index is -0.462. The first-order chi connectivity index (χ1) is 8.15. The number of rotatable bonds is 7. The second kappa shape index (κ2) is 7.27. The van der Waals surface area contributed by atoms with Gasteiger partial charge in [-0.3, -0.25) is 0 Å². The lowest BCUT2D eigenvalue weighted by Gasteiger charge is -2.12. The predicted octanol–water partition coefficient (Wildman–Crippen LogP) is 1.44. The van der Waals surface area contributed by atoms with Gasteiger partial charge in [0.05, 0.1) is 25.9 Å². The van der Waals surface area contributed by atoms with Gasteiger partial charge in [0, 0.05) is 0 Å². The minimum Gasteiger partial charge on any atom is -0.491 e. The van der Waals surface area contributed by atoms with Crippen LogP contribution in [0.1, 0.15) is 24.2 Å². The summed E-state index contributed by atoms with van der Waals surface area (Å²) in [5.41, 5.74) is 1.87. The Bertz CT molecular complexity index is 336. The lowest BCUT2D eigenvalue weighted by Crippen LogP contribution is -2.09. The Morgan fingerprint density at radius 3 is 2.59 bits per heavy atom. The highest BCUT2D eigenvalue weighted by molar-refractivity contribution is 5.36. The van der Waals surface area contributed by atoms with Crippen LogP contribution in [0.4, 0.5) is 0 Å². The molecule has 96 valence electrons. The van der Waals surface area contributed by atoms with E-state index in [-0.39, 0.29) is 6.61 Å². The van der Waals surface area contributed by atoms with Gasteiger partial charge in [0.15, 0.2) is 0 Å². The summed E-state index contributed by atoms with van der Waals surface area (Å²) in [5, 5.41) is 17.9. The monoisotopic (exact) mass is 240 g/mol. The van der Waals surface area contributed by atoms with Gasteiger partial charge in [-0.25, -0.2) is 0 Å². The molecule has 1 atom stereocenters. The second-order valence-corrected chi connectivity index (χ2v) is 3.89. The van der Waals surface area contributed by atoms with E-state index < -0.39 is 6.10 Å². The van der Waals surface area contributed by atoms with Crippen LogP contribution in [0.5, 0.6) is 5.75 Å². The van der Waals surface area contributed by atoms with E-state index in [0.717, 1.165) is 16.9 Å². The Balaban J connectivity index is 2.43. The van der Waals surface area contributed by atoms with E-state index in [9.17, 15) is 5.11 Å². The Hall–Kier alpha value is -1.10. The Labute approximate surface area is 102 Å². The first kappa shape index (κ1) is 14.0. The van der Waals surface area contributed by atoms with Crippen molar-refractivity contribution in [2.24, 2.45) is 0 Å². The van der Waals surface area contributed by atoms with Crippen molar-refractivity contribution in [2.75, 3.05) is 26.4 Å². The molecule has 0 aliphatic carbocycles. The van der Waals surface area contributed by atoms with Gasteiger partial charge in [-0.15, -0.1) is 0 Å². The molecule has 17 heavy (non-hydrogen) atoms. The summed E-state index contributed by atoms with van der Waals surface area (Å²) >= 11 is 0. The third-order valence-corrected chi connectivity index (χ3v) is 2.40. The molecule has 1 aromatic carbocycles. The summed E-state index contributed by atoms with van der Waals surface area (Å²) in [6, 6.07) is 5.61. The maximum Gasteiger partial charge on any atom is 0.122 e. The molecule has 0 heterocycles. The van der Waals surface area contributed by atoms with Crippen LogP contribution in [0.15, 0.2) is 18.2 Å². The summed E-state index contributed by atoms with van der Waals surface area (Å²) < 4.78 is 10.6. The highest BCUT2D eigenvalue weighted by Gasteiger charge is 2.04. The number of aliphatic hydroxyl groups excluding tert-OH is 2. The average molecular weight is 240 g/mol. The number of benzene rings is 1. The van der Waals surface area contributed by atoms with E-state index in [2.05, 4.69) is 0 Å². The van der Waals surface area contributed by atoms with Gasteiger partial charge in [0.25, 0.3) is 0 Å². The molecular formula is C13H20O4. The van der Waals surface area contributed by atoms with Gasteiger partial charge in [-0.2, -0.15) is 0 Å². The molecule has 0 aromatic heterocycles. The summed E-state index contributed by atoms with van der Waals surface area (Å²) in [6.07, 6.45) is -0.462. The highest BCUT2D eigenvalue weighted by atomic mass is 16.5. The topological polar surface area (TPSA) is 58.9 Å². The number of ether oxygens (including phenoxy) is 2. The Kier molecular flexibility index (Phi) is 5.97. The molecule has 0 aliphatic heterocycles. The van der Waals surface area contributed by atoms with Gasteiger partial charge < -0.3 is 19.7 Å². The fourth-order valence-corrected chi connectivity index (χ4v) is 1.47. The number of aliphatic hydroxyl groups is 2. The zero-order valence-electron chi connectivity index (χ0n) is 10.3. The predicted molar refractivity (Wildman–Crippen MR) is 65.2 cm³/mol. The molecular weight excluding hydrogens is 220 g/mol. The van der Waals surface area contributed by atoms with Crippen molar-refractivity contribution in [1.29, 1.82) is 0 Å². The molecule has 0 radical (unpaired) electrons. The van der Waals surface area contributed by atoms with Crippen molar-refractivity contribution in [2.45, 2.75) is 20.0 Å². The van der Waals surface area contributed by atoms with Crippen molar-refractivity contribution in [3.63, 3.8) is 0 Å². The number of hydrogen-bond donors (Lipinski definition) is 2. The molecule has 0 unspecified atom stereocenters. The summed E-state index contributed by atoms with van der Waals surface area (Å²) in [4.78, 5) is 0. The summed E-state index contributed by atoms with van der Waals surface area (Å²) in [6.45, 7) is 4.95. The molecule has 0 spiro atoms. The molecule has 4 nitrogen and oxygen atoms in total. The van der Waals surface area contributed by atoms with E-state index >= 15 is 0 Å². The maximum atomic E-state index is 9.43. The van der Waals surface area contributed by atoms with E-state index in [1.54, 1.807) is 6.92 Å². The van der Waals surface area contributed by atoms with E-state index in [0.29, 0.717) is 19.8 Å². The van der Waals surface area contributed by atoms with Crippen LogP contribution >= 0.6 is 0 Å². The Morgan fingerprint density at radius 1 is 1.24 bits per heavy atom. The molecule has 0 saturated carbocycles. The second-order valence-electron chi connectivity index (χ2n) is 3.89. The molecule has 0 amide bonds. The van der Waals surface area contributed by atoms with Crippen molar-refractivity contribution < 1.29 is 19.7 Å². The molecule has 0 fully saturated rings. The fraction of sp³-hybridized carbons (Fsp3) is 0.538. The van der Waals surface area contributed by atoms with Crippen molar-refractivity contribution >= 4 is 0 Å².